The third-order valence-electron chi connectivity index (χ3n) is 3.88. The lowest BCUT2D eigenvalue weighted by Gasteiger charge is -2.25. The zero-order chi connectivity index (χ0) is 15.9. The molecule has 3 nitrogen and oxygen atoms in total. The Morgan fingerprint density at radius 2 is 1.81 bits per heavy atom. The van der Waals surface area contributed by atoms with E-state index in [1.165, 1.54) is 5.19 Å². The molecular weight excluding hydrogens is 280 g/mol. The SMILES string of the molecule is C=C[Si](CC)(CC)c1ccc(C(=O)OOCC(C)C)cc1. The Kier molecular flexibility index (Phi) is 6.85. The molecule has 0 atom stereocenters. The number of hydrogen-bond acceptors (Lipinski definition) is 3. The van der Waals surface area contributed by atoms with Crippen LogP contribution in [-0.2, 0) is 9.78 Å². The lowest BCUT2D eigenvalue weighted by atomic mass is 10.2. The van der Waals surface area contributed by atoms with Crippen molar-refractivity contribution >= 4 is 19.2 Å². The Hall–Kier alpha value is -1.39. The van der Waals surface area contributed by atoms with Gasteiger partial charge in [-0.15, -0.1) is 6.58 Å². The van der Waals surface area contributed by atoms with Gasteiger partial charge in [-0.25, -0.2) is 4.79 Å². The van der Waals surface area contributed by atoms with E-state index < -0.39 is 14.0 Å². The Balaban J connectivity index is 2.77. The molecule has 0 spiro atoms. The summed E-state index contributed by atoms with van der Waals surface area (Å²) in [5.41, 5.74) is 2.65. The van der Waals surface area contributed by atoms with Gasteiger partial charge in [0.05, 0.1) is 12.2 Å². The molecular formula is C17H26O3Si. The van der Waals surface area contributed by atoms with Crippen LogP contribution >= 0.6 is 0 Å². The maximum atomic E-state index is 11.8. The van der Waals surface area contributed by atoms with E-state index in [-0.39, 0.29) is 0 Å². The summed E-state index contributed by atoms with van der Waals surface area (Å²) < 4.78 is 0. The highest BCUT2D eigenvalue weighted by Gasteiger charge is 2.27. The highest BCUT2D eigenvalue weighted by molar-refractivity contribution is 6.95. The lowest BCUT2D eigenvalue weighted by Crippen LogP contribution is -2.44. The summed E-state index contributed by atoms with van der Waals surface area (Å²) >= 11 is 0. The molecule has 1 rings (SSSR count). The molecule has 0 fully saturated rings. The van der Waals surface area contributed by atoms with Gasteiger partial charge in [0.25, 0.3) is 0 Å². The topological polar surface area (TPSA) is 35.5 Å². The van der Waals surface area contributed by atoms with Gasteiger partial charge < -0.3 is 0 Å². The molecule has 0 N–H and O–H groups in total. The Morgan fingerprint density at radius 3 is 2.24 bits per heavy atom. The van der Waals surface area contributed by atoms with Crippen LogP contribution in [0.1, 0.15) is 38.1 Å². The van der Waals surface area contributed by atoms with Gasteiger partial charge in [-0.3, -0.25) is 4.89 Å². The van der Waals surface area contributed by atoms with E-state index in [2.05, 4.69) is 26.1 Å². The van der Waals surface area contributed by atoms with Crippen LogP contribution in [0.15, 0.2) is 36.5 Å². The molecule has 0 amide bonds. The largest absolute Gasteiger partial charge is 0.373 e. The quantitative estimate of drug-likeness (QED) is 0.416. The Labute approximate surface area is 128 Å². The molecule has 1 aromatic carbocycles. The van der Waals surface area contributed by atoms with Gasteiger partial charge in [0.15, 0.2) is 0 Å². The monoisotopic (exact) mass is 306 g/mol. The van der Waals surface area contributed by atoms with Crippen molar-refractivity contribution in [2.24, 2.45) is 5.92 Å². The predicted molar refractivity (Wildman–Crippen MR) is 89.2 cm³/mol. The van der Waals surface area contributed by atoms with Gasteiger partial charge in [0, 0.05) is 0 Å². The van der Waals surface area contributed by atoms with Crippen LogP contribution in [0.2, 0.25) is 12.1 Å². The third-order valence-corrected chi connectivity index (χ3v) is 8.67. The second kappa shape index (κ2) is 8.15. The fourth-order valence-electron chi connectivity index (χ4n) is 2.27. The van der Waals surface area contributed by atoms with Crippen molar-refractivity contribution in [2.45, 2.75) is 39.8 Å². The maximum Gasteiger partial charge on any atom is 0.373 e. The van der Waals surface area contributed by atoms with E-state index in [0.29, 0.717) is 18.1 Å². The zero-order valence-corrected chi connectivity index (χ0v) is 14.5. The first-order valence-electron chi connectivity index (χ1n) is 7.57. The molecule has 0 radical (unpaired) electrons. The molecule has 0 aliphatic heterocycles. The van der Waals surface area contributed by atoms with Crippen LogP contribution in [-0.4, -0.2) is 20.7 Å². The Morgan fingerprint density at radius 1 is 1.24 bits per heavy atom. The standard InChI is InChI=1S/C17H26O3Si/c1-6-21(7-2,8-3)16-11-9-15(10-12-16)17(18)20-19-13-14(4)5/h6,9-12,14H,1,7-8,13H2,2-5H3. The van der Waals surface area contributed by atoms with Gasteiger partial charge >= 0.3 is 5.97 Å². The van der Waals surface area contributed by atoms with Crippen molar-refractivity contribution in [1.82, 2.24) is 0 Å². The van der Waals surface area contributed by atoms with Crippen molar-refractivity contribution in [3.05, 3.63) is 42.1 Å². The summed E-state index contributed by atoms with van der Waals surface area (Å²) in [5.74, 6) is -0.116. The number of benzene rings is 1. The number of carbonyl (C=O) groups is 1. The first kappa shape index (κ1) is 17.7. The molecule has 0 saturated carbocycles. The summed E-state index contributed by atoms with van der Waals surface area (Å²) in [7, 11) is -1.61. The lowest BCUT2D eigenvalue weighted by molar-refractivity contribution is -0.246. The van der Waals surface area contributed by atoms with E-state index >= 15 is 0 Å². The van der Waals surface area contributed by atoms with Crippen LogP contribution in [0, 0.1) is 5.92 Å². The van der Waals surface area contributed by atoms with Gasteiger partial charge in [0.2, 0.25) is 0 Å². The zero-order valence-electron chi connectivity index (χ0n) is 13.5. The first-order chi connectivity index (χ1) is 9.99. The fourth-order valence-corrected chi connectivity index (χ4v) is 5.23. The van der Waals surface area contributed by atoms with E-state index in [1.54, 1.807) is 0 Å². The average molecular weight is 306 g/mol. The molecule has 21 heavy (non-hydrogen) atoms. The van der Waals surface area contributed by atoms with Gasteiger partial charge in [-0.05, 0) is 18.1 Å². The van der Waals surface area contributed by atoms with Crippen LogP contribution < -0.4 is 5.19 Å². The maximum absolute atomic E-state index is 11.8. The molecule has 0 unspecified atom stereocenters. The molecule has 0 aromatic heterocycles. The molecule has 0 aliphatic rings. The van der Waals surface area contributed by atoms with Crippen molar-refractivity contribution in [3.8, 4) is 0 Å². The number of hydrogen-bond donors (Lipinski definition) is 0. The first-order valence-corrected chi connectivity index (χ1v) is 10.1. The van der Waals surface area contributed by atoms with E-state index in [0.717, 1.165) is 12.1 Å². The fraction of sp³-hybridized carbons (Fsp3) is 0.471. The minimum Gasteiger partial charge on any atom is -0.293 e. The van der Waals surface area contributed by atoms with Crippen molar-refractivity contribution < 1.29 is 14.6 Å². The number of rotatable bonds is 8. The van der Waals surface area contributed by atoms with Crippen molar-refractivity contribution in [1.29, 1.82) is 0 Å². The molecule has 0 heterocycles. The molecule has 1 aromatic rings. The average Bonchev–Trinajstić information content (AvgIpc) is 2.50. The highest BCUT2D eigenvalue weighted by Crippen LogP contribution is 2.17. The van der Waals surface area contributed by atoms with Gasteiger partial charge in [0.1, 0.15) is 8.07 Å². The minimum atomic E-state index is -1.61. The third kappa shape index (κ3) is 4.54. The summed E-state index contributed by atoms with van der Waals surface area (Å²) in [5, 5.41) is 1.31. The predicted octanol–water partition coefficient (Wildman–Crippen LogP) is 3.85. The molecule has 0 saturated heterocycles. The normalized spacial score (nSPS) is 11.5. The van der Waals surface area contributed by atoms with E-state index in [1.807, 2.05) is 38.1 Å². The summed E-state index contributed by atoms with van der Waals surface area (Å²) in [4.78, 5) is 21.6. The molecule has 0 bridgehead atoms. The molecule has 116 valence electrons. The van der Waals surface area contributed by atoms with Crippen molar-refractivity contribution in [3.63, 3.8) is 0 Å². The van der Waals surface area contributed by atoms with E-state index in [9.17, 15) is 4.79 Å². The molecule has 0 aliphatic carbocycles. The number of carbonyl (C=O) groups excluding carboxylic acids is 1. The summed E-state index contributed by atoms with van der Waals surface area (Å²) in [6.07, 6.45) is 0. The van der Waals surface area contributed by atoms with Gasteiger partial charge in [-0.2, -0.15) is 4.89 Å². The van der Waals surface area contributed by atoms with Crippen LogP contribution in [0.4, 0.5) is 0 Å². The van der Waals surface area contributed by atoms with Crippen LogP contribution in [0.25, 0.3) is 0 Å². The highest BCUT2D eigenvalue weighted by atomic mass is 28.3. The van der Waals surface area contributed by atoms with E-state index in [4.69, 9.17) is 9.78 Å². The summed E-state index contributed by atoms with van der Waals surface area (Å²) in [6, 6.07) is 9.92. The summed E-state index contributed by atoms with van der Waals surface area (Å²) in [6.45, 7) is 12.8. The smallest absolute Gasteiger partial charge is 0.293 e. The Bertz CT molecular complexity index is 461. The van der Waals surface area contributed by atoms with Crippen molar-refractivity contribution in [2.75, 3.05) is 6.61 Å². The second-order valence-electron chi connectivity index (χ2n) is 5.69. The van der Waals surface area contributed by atoms with Gasteiger partial charge in [-0.1, -0.05) is 62.8 Å². The van der Waals surface area contributed by atoms with Crippen LogP contribution in [0.3, 0.4) is 0 Å². The second-order valence-corrected chi connectivity index (χ2v) is 10.4. The van der Waals surface area contributed by atoms with Crippen LogP contribution in [0.5, 0.6) is 0 Å². The molecule has 4 heteroatoms. The minimum absolute atomic E-state index is 0.327.